The SMILES string of the molecule is COCCC(=O)N1CC[C@H]2C[C@H](c3noc(C)n3)O[C@@H]2C1. The van der Waals surface area contributed by atoms with E-state index in [1.54, 1.807) is 14.0 Å². The van der Waals surface area contributed by atoms with Crippen molar-refractivity contribution >= 4 is 5.91 Å². The van der Waals surface area contributed by atoms with E-state index in [1.165, 1.54) is 0 Å². The summed E-state index contributed by atoms with van der Waals surface area (Å²) in [7, 11) is 1.61. The van der Waals surface area contributed by atoms with Crippen molar-refractivity contribution in [2.45, 2.75) is 38.4 Å². The van der Waals surface area contributed by atoms with Crippen LogP contribution in [0.25, 0.3) is 0 Å². The van der Waals surface area contributed by atoms with E-state index in [-0.39, 0.29) is 18.1 Å². The molecular formula is C14H21N3O4. The van der Waals surface area contributed by atoms with Gasteiger partial charge in [0, 0.05) is 27.1 Å². The number of nitrogens with zero attached hydrogens (tertiary/aromatic N) is 3. The van der Waals surface area contributed by atoms with Gasteiger partial charge in [-0.05, 0) is 18.8 Å². The van der Waals surface area contributed by atoms with Gasteiger partial charge in [0.05, 0.1) is 19.1 Å². The van der Waals surface area contributed by atoms with Gasteiger partial charge in [0.15, 0.2) is 0 Å². The maximum atomic E-state index is 12.1. The van der Waals surface area contributed by atoms with Gasteiger partial charge in [-0.15, -0.1) is 0 Å². The fourth-order valence-corrected chi connectivity index (χ4v) is 3.12. The lowest BCUT2D eigenvalue weighted by molar-refractivity contribution is -0.136. The zero-order valence-corrected chi connectivity index (χ0v) is 12.4. The molecule has 3 rings (SSSR count). The van der Waals surface area contributed by atoms with Crippen LogP contribution < -0.4 is 0 Å². The second kappa shape index (κ2) is 6.11. The van der Waals surface area contributed by atoms with Gasteiger partial charge in [0.2, 0.25) is 17.6 Å². The predicted octanol–water partition coefficient (Wildman–Crippen LogP) is 1.09. The largest absolute Gasteiger partial charge is 0.384 e. The Hall–Kier alpha value is -1.47. The molecule has 2 aliphatic heterocycles. The van der Waals surface area contributed by atoms with Crippen LogP contribution in [0.15, 0.2) is 4.52 Å². The summed E-state index contributed by atoms with van der Waals surface area (Å²) in [5.74, 6) is 1.79. The molecule has 0 bridgehead atoms. The number of likely N-dealkylation sites (tertiary alicyclic amines) is 1. The quantitative estimate of drug-likeness (QED) is 0.827. The molecule has 1 aromatic rings. The van der Waals surface area contributed by atoms with Crippen LogP contribution in [0.3, 0.4) is 0 Å². The average Bonchev–Trinajstić information content (AvgIpc) is 3.09. The Kier molecular flexibility index (Phi) is 4.21. The van der Waals surface area contributed by atoms with Crippen LogP contribution in [-0.2, 0) is 14.3 Å². The van der Waals surface area contributed by atoms with E-state index in [4.69, 9.17) is 14.0 Å². The maximum absolute atomic E-state index is 12.1. The van der Waals surface area contributed by atoms with Crippen LogP contribution in [0.4, 0.5) is 0 Å². The molecule has 2 fully saturated rings. The minimum absolute atomic E-state index is 0.0778. The Morgan fingerprint density at radius 3 is 3.10 bits per heavy atom. The Balaban J connectivity index is 1.58. The normalized spacial score (nSPS) is 28.7. The van der Waals surface area contributed by atoms with Crippen molar-refractivity contribution < 1.29 is 18.8 Å². The number of amides is 1. The highest BCUT2D eigenvalue weighted by molar-refractivity contribution is 5.76. The summed E-state index contributed by atoms with van der Waals surface area (Å²) >= 11 is 0. The summed E-state index contributed by atoms with van der Waals surface area (Å²) in [6.45, 7) is 3.69. The lowest BCUT2D eigenvalue weighted by Crippen LogP contribution is -2.45. The summed E-state index contributed by atoms with van der Waals surface area (Å²) < 4.78 is 16.0. The van der Waals surface area contributed by atoms with Gasteiger partial charge >= 0.3 is 0 Å². The molecule has 0 spiro atoms. The van der Waals surface area contributed by atoms with Crippen molar-refractivity contribution in [2.24, 2.45) is 5.92 Å². The third kappa shape index (κ3) is 3.08. The standard InChI is InChI=1S/C14H21N3O4/c1-9-15-14(16-21-9)11-7-10-3-5-17(8-12(10)20-11)13(18)4-6-19-2/h10-12H,3-8H2,1-2H3/t10-,11+,12+/m0/s1. The van der Waals surface area contributed by atoms with Gasteiger partial charge in [-0.1, -0.05) is 5.16 Å². The first-order valence-electron chi connectivity index (χ1n) is 7.39. The first-order valence-corrected chi connectivity index (χ1v) is 7.39. The summed E-state index contributed by atoms with van der Waals surface area (Å²) in [6, 6.07) is 0. The highest BCUT2D eigenvalue weighted by Gasteiger charge is 2.42. The molecule has 2 saturated heterocycles. The molecule has 0 radical (unpaired) electrons. The smallest absolute Gasteiger partial charge is 0.224 e. The number of methoxy groups -OCH3 is 1. The van der Waals surface area contributed by atoms with E-state index in [0.29, 0.717) is 37.2 Å². The molecule has 21 heavy (non-hydrogen) atoms. The molecular weight excluding hydrogens is 274 g/mol. The minimum atomic E-state index is -0.105. The molecule has 1 amide bonds. The van der Waals surface area contributed by atoms with Crippen molar-refractivity contribution in [3.8, 4) is 0 Å². The molecule has 7 nitrogen and oxygen atoms in total. The summed E-state index contributed by atoms with van der Waals surface area (Å²) in [4.78, 5) is 18.2. The molecule has 3 heterocycles. The highest BCUT2D eigenvalue weighted by Crippen LogP contribution is 2.40. The summed E-state index contributed by atoms with van der Waals surface area (Å²) in [5.41, 5.74) is 0. The van der Waals surface area contributed by atoms with E-state index in [2.05, 4.69) is 10.1 Å². The highest BCUT2D eigenvalue weighted by atomic mass is 16.5. The lowest BCUT2D eigenvalue weighted by atomic mass is 9.91. The number of hydrogen-bond donors (Lipinski definition) is 0. The molecule has 3 atom stereocenters. The second-order valence-electron chi connectivity index (χ2n) is 5.70. The van der Waals surface area contributed by atoms with Crippen LogP contribution >= 0.6 is 0 Å². The Morgan fingerprint density at radius 1 is 1.52 bits per heavy atom. The van der Waals surface area contributed by atoms with Gasteiger partial charge in [-0.3, -0.25) is 4.79 Å². The Bertz CT molecular complexity index is 504. The van der Waals surface area contributed by atoms with Crippen LogP contribution in [0.1, 0.15) is 37.1 Å². The number of aryl methyl sites for hydroxylation is 1. The van der Waals surface area contributed by atoms with Crippen LogP contribution in [0.5, 0.6) is 0 Å². The Morgan fingerprint density at radius 2 is 2.38 bits per heavy atom. The third-order valence-electron chi connectivity index (χ3n) is 4.26. The zero-order chi connectivity index (χ0) is 14.8. The molecule has 0 aliphatic carbocycles. The van der Waals surface area contributed by atoms with Crippen LogP contribution in [0.2, 0.25) is 0 Å². The van der Waals surface area contributed by atoms with Gasteiger partial charge in [0.1, 0.15) is 6.10 Å². The average molecular weight is 295 g/mol. The van der Waals surface area contributed by atoms with Gasteiger partial charge in [-0.2, -0.15) is 4.98 Å². The Labute approximate surface area is 123 Å². The number of rotatable bonds is 4. The number of carbonyl (C=O) groups excluding carboxylic acids is 1. The molecule has 0 saturated carbocycles. The number of ether oxygens (including phenoxy) is 2. The zero-order valence-electron chi connectivity index (χ0n) is 12.4. The van der Waals surface area contributed by atoms with Gasteiger partial charge in [0.25, 0.3) is 0 Å². The molecule has 0 N–H and O–H groups in total. The van der Waals surface area contributed by atoms with Crippen molar-refractivity contribution in [1.29, 1.82) is 0 Å². The molecule has 1 aromatic heterocycles. The van der Waals surface area contributed by atoms with E-state index in [9.17, 15) is 4.79 Å². The van der Waals surface area contributed by atoms with Crippen molar-refractivity contribution in [1.82, 2.24) is 15.0 Å². The summed E-state index contributed by atoms with van der Waals surface area (Å²) in [6.07, 6.45) is 2.28. The first-order chi connectivity index (χ1) is 10.2. The van der Waals surface area contributed by atoms with E-state index < -0.39 is 0 Å². The third-order valence-corrected chi connectivity index (χ3v) is 4.26. The van der Waals surface area contributed by atoms with Crippen molar-refractivity contribution in [2.75, 3.05) is 26.8 Å². The first kappa shape index (κ1) is 14.5. The number of carbonyl (C=O) groups is 1. The molecule has 116 valence electrons. The van der Waals surface area contributed by atoms with Crippen LogP contribution in [-0.4, -0.2) is 53.9 Å². The van der Waals surface area contributed by atoms with Gasteiger partial charge < -0.3 is 18.9 Å². The topological polar surface area (TPSA) is 77.7 Å². The monoisotopic (exact) mass is 295 g/mol. The van der Waals surface area contributed by atoms with Crippen LogP contribution in [0, 0.1) is 12.8 Å². The molecule has 2 aliphatic rings. The van der Waals surface area contributed by atoms with E-state index in [0.717, 1.165) is 19.4 Å². The maximum Gasteiger partial charge on any atom is 0.224 e. The van der Waals surface area contributed by atoms with E-state index in [1.807, 2.05) is 4.90 Å². The molecule has 0 unspecified atom stereocenters. The number of hydrogen-bond acceptors (Lipinski definition) is 6. The minimum Gasteiger partial charge on any atom is -0.384 e. The second-order valence-corrected chi connectivity index (χ2v) is 5.70. The lowest BCUT2D eigenvalue weighted by Gasteiger charge is -2.34. The number of fused-ring (bicyclic) bond motifs is 1. The van der Waals surface area contributed by atoms with Crippen molar-refractivity contribution in [3.05, 3.63) is 11.7 Å². The summed E-state index contributed by atoms with van der Waals surface area (Å²) in [5, 5.41) is 3.94. The van der Waals surface area contributed by atoms with Gasteiger partial charge in [-0.25, -0.2) is 0 Å². The van der Waals surface area contributed by atoms with E-state index >= 15 is 0 Å². The molecule has 7 heteroatoms. The van der Waals surface area contributed by atoms with Crippen molar-refractivity contribution in [3.63, 3.8) is 0 Å². The number of aromatic nitrogens is 2. The predicted molar refractivity (Wildman–Crippen MR) is 72.4 cm³/mol. The molecule has 0 aromatic carbocycles. The number of piperidine rings is 1. The fourth-order valence-electron chi connectivity index (χ4n) is 3.12. The fraction of sp³-hybridized carbons (Fsp3) is 0.786.